The van der Waals surface area contributed by atoms with Gasteiger partial charge < -0.3 is 5.32 Å². The summed E-state index contributed by atoms with van der Waals surface area (Å²) in [6, 6.07) is -0.228. The third-order valence-electron chi connectivity index (χ3n) is 3.06. The van der Waals surface area contributed by atoms with Gasteiger partial charge in [0.2, 0.25) is 5.91 Å². The van der Waals surface area contributed by atoms with Gasteiger partial charge >= 0.3 is 6.03 Å². The zero-order valence-corrected chi connectivity index (χ0v) is 9.29. The highest BCUT2D eigenvalue weighted by Crippen LogP contribution is 2.25. The molecule has 1 aliphatic heterocycles. The smallest absolute Gasteiger partial charge is 0.321 e. The number of imide groups is 1. The standard InChI is InChI=1S/C10H15ClN2O2/c11-8-6-9(14)13(10(15)12-8)7-4-2-1-3-5-7/h7-8H,1-6H2,(H,12,15). The van der Waals surface area contributed by atoms with E-state index in [0.717, 1.165) is 25.7 Å². The minimum Gasteiger partial charge on any atom is -0.321 e. The van der Waals surface area contributed by atoms with Gasteiger partial charge in [0.25, 0.3) is 0 Å². The SMILES string of the molecule is O=C1CC(Cl)NC(=O)N1C1CCCCC1. The average molecular weight is 231 g/mol. The van der Waals surface area contributed by atoms with E-state index in [0.29, 0.717) is 0 Å². The maximum atomic E-state index is 11.7. The number of amides is 3. The lowest BCUT2D eigenvalue weighted by atomic mass is 9.94. The second kappa shape index (κ2) is 4.39. The molecule has 15 heavy (non-hydrogen) atoms. The van der Waals surface area contributed by atoms with Gasteiger partial charge in [-0.1, -0.05) is 30.9 Å². The van der Waals surface area contributed by atoms with Crippen molar-refractivity contribution in [2.24, 2.45) is 0 Å². The van der Waals surface area contributed by atoms with Crippen LogP contribution in [0.15, 0.2) is 0 Å². The summed E-state index contributed by atoms with van der Waals surface area (Å²) in [4.78, 5) is 24.7. The van der Waals surface area contributed by atoms with E-state index in [2.05, 4.69) is 5.32 Å². The zero-order valence-electron chi connectivity index (χ0n) is 8.54. The zero-order chi connectivity index (χ0) is 10.8. The Hall–Kier alpha value is -0.770. The van der Waals surface area contributed by atoms with Crippen LogP contribution in [0.2, 0.25) is 0 Å². The highest BCUT2D eigenvalue weighted by Gasteiger charge is 2.36. The molecule has 3 amide bonds. The van der Waals surface area contributed by atoms with Gasteiger partial charge in [-0.25, -0.2) is 4.79 Å². The number of rotatable bonds is 1. The number of nitrogens with one attached hydrogen (secondary N) is 1. The van der Waals surface area contributed by atoms with Crippen LogP contribution in [0.25, 0.3) is 0 Å². The summed E-state index contributed by atoms with van der Waals surface area (Å²) in [5, 5.41) is 2.59. The number of alkyl halides is 1. The summed E-state index contributed by atoms with van der Waals surface area (Å²) >= 11 is 5.73. The van der Waals surface area contributed by atoms with Crippen molar-refractivity contribution in [3.05, 3.63) is 0 Å². The maximum Gasteiger partial charge on any atom is 0.325 e. The molecule has 5 heteroatoms. The van der Waals surface area contributed by atoms with Crippen LogP contribution in [0.3, 0.4) is 0 Å². The Morgan fingerprint density at radius 1 is 1.20 bits per heavy atom. The predicted octanol–water partition coefficient (Wildman–Crippen LogP) is 1.83. The third-order valence-corrected chi connectivity index (χ3v) is 3.32. The van der Waals surface area contributed by atoms with Crippen molar-refractivity contribution in [1.82, 2.24) is 10.2 Å². The number of carbonyl (C=O) groups excluding carboxylic acids is 2. The highest BCUT2D eigenvalue weighted by atomic mass is 35.5. The maximum absolute atomic E-state index is 11.7. The van der Waals surface area contributed by atoms with Gasteiger partial charge in [-0.15, -0.1) is 0 Å². The molecule has 2 aliphatic rings. The van der Waals surface area contributed by atoms with Gasteiger partial charge in [-0.3, -0.25) is 9.69 Å². The molecule has 0 radical (unpaired) electrons. The van der Waals surface area contributed by atoms with E-state index < -0.39 is 5.50 Å². The number of hydrogen-bond acceptors (Lipinski definition) is 2. The first kappa shape index (κ1) is 10.7. The molecule has 0 spiro atoms. The molecule has 1 atom stereocenters. The van der Waals surface area contributed by atoms with E-state index in [1.54, 1.807) is 0 Å². The molecular weight excluding hydrogens is 216 g/mol. The van der Waals surface area contributed by atoms with Gasteiger partial charge in [0, 0.05) is 6.04 Å². The number of hydrogen-bond donors (Lipinski definition) is 1. The van der Waals surface area contributed by atoms with Crippen LogP contribution in [-0.4, -0.2) is 28.4 Å². The molecule has 1 saturated heterocycles. The molecule has 2 rings (SSSR count). The van der Waals surface area contributed by atoms with Gasteiger partial charge in [-0.2, -0.15) is 0 Å². The second-order valence-corrected chi connectivity index (χ2v) is 4.70. The van der Waals surface area contributed by atoms with Crippen molar-refractivity contribution in [1.29, 1.82) is 0 Å². The molecule has 1 saturated carbocycles. The molecule has 0 aromatic rings. The molecular formula is C10H15ClN2O2. The fourth-order valence-corrected chi connectivity index (χ4v) is 2.55. The number of halogens is 1. The summed E-state index contributed by atoms with van der Waals surface area (Å²) < 4.78 is 0. The van der Waals surface area contributed by atoms with Crippen molar-refractivity contribution >= 4 is 23.5 Å². The third kappa shape index (κ3) is 2.25. The lowest BCUT2D eigenvalue weighted by molar-refractivity contribution is -0.131. The lowest BCUT2D eigenvalue weighted by Gasteiger charge is -2.36. The number of urea groups is 1. The molecule has 0 aromatic carbocycles. The fraction of sp³-hybridized carbons (Fsp3) is 0.800. The first-order valence-electron chi connectivity index (χ1n) is 5.45. The Bertz CT molecular complexity index is 259. The molecule has 1 heterocycles. The summed E-state index contributed by atoms with van der Waals surface area (Å²) in [6.45, 7) is 0. The molecule has 84 valence electrons. The van der Waals surface area contributed by atoms with Crippen molar-refractivity contribution in [2.45, 2.75) is 50.1 Å². The van der Waals surface area contributed by atoms with Crippen LogP contribution in [0.4, 0.5) is 4.79 Å². The van der Waals surface area contributed by atoms with Crippen LogP contribution >= 0.6 is 11.6 Å². The van der Waals surface area contributed by atoms with Gasteiger partial charge in [0.1, 0.15) is 5.50 Å². The van der Waals surface area contributed by atoms with Crippen LogP contribution < -0.4 is 5.32 Å². The first-order chi connectivity index (χ1) is 7.18. The van der Waals surface area contributed by atoms with Crippen molar-refractivity contribution in [3.63, 3.8) is 0 Å². The van der Waals surface area contributed by atoms with Crippen molar-refractivity contribution in [3.8, 4) is 0 Å². The van der Waals surface area contributed by atoms with E-state index in [1.807, 2.05) is 0 Å². The summed E-state index contributed by atoms with van der Waals surface area (Å²) in [6.07, 6.45) is 5.50. The van der Waals surface area contributed by atoms with Gasteiger partial charge in [0.05, 0.1) is 6.42 Å². The molecule has 0 bridgehead atoms. The Morgan fingerprint density at radius 2 is 1.87 bits per heavy atom. The van der Waals surface area contributed by atoms with Gasteiger partial charge in [-0.05, 0) is 12.8 Å². The molecule has 1 unspecified atom stereocenters. The molecule has 4 nitrogen and oxygen atoms in total. The Kier molecular flexibility index (Phi) is 3.14. The summed E-state index contributed by atoms with van der Waals surface area (Å²) in [7, 11) is 0. The first-order valence-corrected chi connectivity index (χ1v) is 5.89. The average Bonchev–Trinajstić information content (AvgIpc) is 2.17. The minimum absolute atomic E-state index is 0.0930. The van der Waals surface area contributed by atoms with E-state index in [1.165, 1.54) is 11.3 Å². The quantitative estimate of drug-likeness (QED) is 0.552. The predicted molar refractivity (Wildman–Crippen MR) is 56.5 cm³/mol. The Labute approximate surface area is 93.9 Å². The van der Waals surface area contributed by atoms with Crippen LogP contribution in [-0.2, 0) is 4.79 Å². The topological polar surface area (TPSA) is 49.4 Å². The monoisotopic (exact) mass is 230 g/mol. The van der Waals surface area contributed by atoms with Crippen LogP contribution in [0, 0.1) is 0 Å². The normalized spacial score (nSPS) is 29.1. The van der Waals surface area contributed by atoms with Crippen molar-refractivity contribution < 1.29 is 9.59 Å². The Morgan fingerprint density at radius 3 is 2.47 bits per heavy atom. The number of carbonyl (C=O) groups is 2. The molecule has 2 fully saturated rings. The largest absolute Gasteiger partial charge is 0.325 e. The van der Waals surface area contributed by atoms with E-state index in [9.17, 15) is 9.59 Å². The second-order valence-electron chi connectivity index (χ2n) is 4.18. The van der Waals surface area contributed by atoms with Gasteiger partial charge in [0.15, 0.2) is 0 Å². The van der Waals surface area contributed by atoms with Crippen LogP contribution in [0.1, 0.15) is 38.5 Å². The summed E-state index contributed by atoms with van der Waals surface area (Å²) in [5.74, 6) is -0.134. The highest BCUT2D eigenvalue weighted by molar-refractivity contribution is 6.23. The van der Waals surface area contributed by atoms with E-state index in [-0.39, 0.29) is 24.4 Å². The van der Waals surface area contributed by atoms with E-state index in [4.69, 9.17) is 11.6 Å². The molecule has 1 N–H and O–H groups in total. The van der Waals surface area contributed by atoms with E-state index >= 15 is 0 Å². The number of nitrogens with zero attached hydrogens (tertiary/aromatic N) is 1. The summed E-state index contributed by atoms with van der Waals surface area (Å²) in [5.41, 5.74) is -0.537. The fourth-order valence-electron chi connectivity index (χ4n) is 2.33. The van der Waals surface area contributed by atoms with Crippen LogP contribution in [0.5, 0.6) is 0 Å². The Balaban J connectivity index is 2.05. The molecule has 1 aliphatic carbocycles. The lowest BCUT2D eigenvalue weighted by Crippen LogP contribution is -2.57. The minimum atomic E-state index is -0.537. The molecule has 0 aromatic heterocycles. The van der Waals surface area contributed by atoms with Crippen molar-refractivity contribution in [2.75, 3.05) is 0 Å².